The number of halogens is 1. The molecule has 0 aromatic heterocycles. The van der Waals surface area contributed by atoms with E-state index in [4.69, 9.17) is 5.73 Å². The average Bonchev–Trinajstić information content (AvgIpc) is 2.53. The first-order chi connectivity index (χ1) is 10.6. The number of piperazine rings is 1. The largest absolute Gasteiger partial charge is 0.399 e. The van der Waals surface area contributed by atoms with E-state index in [1.54, 1.807) is 0 Å². The van der Waals surface area contributed by atoms with Gasteiger partial charge in [0.15, 0.2) is 0 Å². The third kappa shape index (κ3) is 3.22. The lowest BCUT2D eigenvalue weighted by atomic mass is 10.1. The highest BCUT2D eigenvalue weighted by Gasteiger charge is 2.18. The second kappa shape index (κ2) is 6.36. The summed E-state index contributed by atoms with van der Waals surface area (Å²) in [6.07, 6.45) is 0. The molecule has 22 heavy (non-hydrogen) atoms. The molecule has 4 heteroatoms. The van der Waals surface area contributed by atoms with Crippen molar-refractivity contribution in [3.63, 3.8) is 0 Å². The Labute approximate surface area is 131 Å². The molecule has 0 amide bonds. The summed E-state index contributed by atoms with van der Waals surface area (Å²) in [5.41, 5.74) is 10.4. The Bertz CT molecular complexity index is 631. The highest BCUT2D eigenvalue weighted by molar-refractivity contribution is 5.50. The molecule has 3 nitrogen and oxygen atoms in total. The number of nitrogens with two attached hydrogens (primary N) is 1. The fourth-order valence-corrected chi connectivity index (χ4v) is 2.93. The molecule has 1 aliphatic heterocycles. The van der Waals surface area contributed by atoms with Gasteiger partial charge in [0.1, 0.15) is 5.82 Å². The first-order valence-electron chi connectivity index (χ1n) is 7.70. The van der Waals surface area contributed by atoms with Gasteiger partial charge in [-0.2, -0.15) is 0 Å². The molecule has 1 fully saturated rings. The Balaban J connectivity index is 1.60. The normalized spacial score (nSPS) is 16.0. The van der Waals surface area contributed by atoms with Gasteiger partial charge in [0.25, 0.3) is 0 Å². The van der Waals surface area contributed by atoms with E-state index in [9.17, 15) is 4.39 Å². The van der Waals surface area contributed by atoms with E-state index in [1.807, 2.05) is 24.3 Å². The van der Waals surface area contributed by atoms with E-state index in [1.165, 1.54) is 23.3 Å². The Morgan fingerprint density at radius 1 is 1.00 bits per heavy atom. The topological polar surface area (TPSA) is 32.5 Å². The quantitative estimate of drug-likeness (QED) is 0.884. The molecule has 0 radical (unpaired) electrons. The number of hydrogen-bond acceptors (Lipinski definition) is 3. The minimum Gasteiger partial charge on any atom is -0.399 e. The van der Waals surface area contributed by atoms with Crippen LogP contribution in [0.2, 0.25) is 0 Å². The van der Waals surface area contributed by atoms with E-state index in [2.05, 4.69) is 22.8 Å². The molecule has 0 saturated carbocycles. The standard InChI is InChI=1S/C18H22FN3/c1-14-15(3-2-4-18(14)20)13-21-9-11-22(12-10-21)17-7-5-16(19)6-8-17/h2-8H,9-13,20H2,1H3. The number of nitrogens with zero attached hydrogens (tertiary/aromatic N) is 2. The predicted molar refractivity (Wildman–Crippen MR) is 89.5 cm³/mol. The smallest absolute Gasteiger partial charge is 0.123 e. The molecule has 2 aromatic rings. The Morgan fingerprint density at radius 3 is 2.36 bits per heavy atom. The van der Waals surface area contributed by atoms with Crippen molar-refractivity contribution in [1.29, 1.82) is 0 Å². The summed E-state index contributed by atoms with van der Waals surface area (Å²) >= 11 is 0. The molecule has 1 saturated heterocycles. The van der Waals surface area contributed by atoms with Gasteiger partial charge in [-0.05, 0) is 48.4 Å². The number of hydrogen-bond donors (Lipinski definition) is 1. The van der Waals surface area contributed by atoms with E-state index >= 15 is 0 Å². The van der Waals surface area contributed by atoms with Gasteiger partial charge < -0.3 is 10.6 Å². The van der Waals surface area contributed by atoms with Gasteiger partial charge in [-0.25, -0.2) is 4.39 Å². The molecular weight excluding hydrogens is 277 g/mol. The van der Waals surface area contributed by atoms with Gasteiger partial charge in [-0.1, -0.05) is 12.1 Å². The van der Waals surface area contributed by atoms with Crippen molar-refractivity contribution in [1.82, 2.24) is 4.90 Å². The highest BCUT2D eigenvalue weighted by Crippen LogP contribution is 2.20. The van der Waals surface area contributed by atoms with Gasteiger partial charge in [0.05, 0.1) is 0 Å². The van der Waals surface area contributed by atoms with Gasteiger partial charge >= 0.3 is 0 Å². The summed E-state index contributed by atoms with van der Waals surface area (Å²) in [4.78, 5) is 4.75. The first kappa shape index (κ1) is 14.9. The summed E-state index contributed by atoms with van der Waals surface area (Å²) in [7, 11) is 0. The minimum absolute atomic E-state index is 0.181. The molecular formula is C18H22FN3. The van der Waals surface area contributed by atoms with Crippen LogP contribution in [0.5, 0.6) is 0 Å². The maximum Gasteiger partial charge on any atom is 0.123 e. The Hall–Kier alpha value is -2.07. The van der Waals surface area contributed by atoms with Crippen molar-refractivity contribution < 1.29 is 4.39 Å². The van der Waals surface area contributed by atoms with Crippen molar-refractivity contribution in [2.24, 2.45) is 0 Å². The maximum absolute atomic E-state index is 13.0. The molecule has 3 rings (SSSR count). The fraction of sp³-hybridized carbons (Fsp3) is 0.333. The Kier molecular flexibility index (Phi) is 4.29. The van der Waals surface area contributed by atoms with Crippen LogP contribution < -0.4 is 10.6 Å². The van der Waals surface area contributed by atoms with Crippen LogP contribution in [-0.2, 0) is 6.54 Å². The van der Waals surface area contributed by atoms with E-state index in [0.717, 1.165) is 44.1 Å². The van der Waals surface area contributed by atoms with Gasteiger partial charge in [-0.15, -0.1) is 0 Å². The molecule has 1 aliphatic rings. The van der Waals surface area contributed by atoms with Crippen LogP contribution in [0, 0.1) is 12.7 Å². The molecule has 116 valence electrons. The average molecular weight is 299 g/mol. The summed E-state index contributed by atoms with van der Waals surface area (Å²) in [6.45, 7) is 6.96. The maximum atomic E-state index is 13.0. The molecule has 1 heterocycles. The molecule has 0 spiro atoms. The zero-order valence-corrected chi connectivity index (χ0v) is 12.9. The summed E-state index contributed by atoms with van der Waals surface area (Å²) in [5.74, 6) is -0.181. The summed E-state index contributed by atoms with van der Waals surface area (Å²) in [5, 5.41) is 0. The highest BCUT2D eigenvalue weighted by atomic mass is 19.1. The van der Waals surface area contributed by atoms with Crippen molar-refractivity contribution in [2.45, 2.75) is 13.5 Å². The lowest BCUT2D eigenvalue weighted by Gasteiger charge is -2.36. The van der Waals surface area contributed by atoms with E-state index in [-0.39, 0.29) is 5.82 Å². The second-order valence-electron chi connectivity index (χ2n) is 5.87. The van der Waals surface area contributed by atoms with E-state index < -0.39 is 0 Å². The third-order valence-electron chi connectivity index (χ3n) is 4.45. The SMILES string of the molecule is Cc1c(N)cccc1CN1CCN(c2ccc(F)cc2)CC1. The first-order valence-corrected chi connectivity index (χ1v) is 7.70. The second-order valence-corrected chi connectivity index (χ2v) is 5.87. The fourth-order valence-electron chi connectivity index (χ4n) is 2.93. The van der Waals surface area contributed by atoms with Gasteiger partial charge in [0.2, 0.25) is 0 Å². The van der Waals surface area contributed by atoms with Crippen LogP contribution in [0.25, 0.3) is 0 Å². The van der Waals surface area contributed by atoms with Gasteiger partial charge in [0, 0.05) is 44.1 Å². The van der Waals surface area contributed by atoms with Crippen molar-refractivity contribution in [3.8, 4) is 0 Å². The molecule has 0 aliphatic carbocycles. The van der Waals surface area contributed by atoms with Crippen LogP contribution >= 0.6 is 0 Å². The van der Waals surface area contributed by atoms with Crippen LogP contribution in [0.4, 0.5) is 15.8 Å². The van der Waals surface area contributed by atoms with Gasteiger partial charge in [-0.3, -0.25) is 4.90 Å². The molecule has 0 unspecified atom stereocenters. The number of benzene rings is 2. The minimum atomic E-state index is -0.181. The summed E-state index contributed by atoms with van der Waals surface area (Å²) in [6, 6.07) is 12.9. The molecule has 0 atom stereocenters. The van der Waals surface area contributed by atoms with Crippen LogP contribution in [0.1, 0.15) is 11.1 Å². The zero-order valence-electron chi connectivity index (χ0n) is 12.9. The van der Waals surface area contributed by atoms with Crippen molar-refractivity contribution in [2.75, 3.05) is 36.8 Å². The van der Waals surface area contributed by atoms with Crippen LogP contribution in [0.3, 0.4) is 0 Å². The molecule has 2 N–H and O–H groups in total. The lowest BCUT2D eigenvalue weighted by Crippen LogP contribution is -2.46. The predicted octanol–water partition coefficient (Wildman–Crippen LogP) is 3.04. The van der Waals surface area contributed by atoms with Crippen molar-refractivity contribution >= 4 is 11.4 Å². The van der Waals surface area contributed by atoms with Crippen LogP contribution in [0.15, 0.2) is 42.5 Å². The number of nitrogen functional groups attached to an aromatic ring is 1. The zero-order chi connectivity index (χ0) is 15.5. The monoisotopic (exact) mass is 299 g/mol. The third-order valence-corrected chi connectivity index (χ3v) is 4.45. The molecule has 2 aromatic carbocycles. The van der Waals surface area contributed by atoms with Crippen LogP contribution in [-0.4, -0.2) is 31.1 Å². The molecule has 0 bridgehead atoms. The van der Waals surface area contributed by atoms with E-state index in [0.29, 0.717) is 0 Å². The lowest BCUT2D eigenvalue weighted by molar-refractivity contribution is 0.249. The number of rotatable bonds is 3. The summed E-state index contributed by atoms with van der Waals surface area (Å²) < 4.78 is 13.0. The number of anilines is 2. The van der Waals surface area contributed by atoms with Crippen molar-refractivity contribution in [3.05, 3.63) is 59.4 Å². The Morgan fingerprint density at radius 2 is 1.68 bits per heavy atom.